The minimum atomic E-state index is -0.801. The van der Waals surface area contributed by atoms with Crippen molar-refractivity contribution in [1.29, 1.82) is 0 Å². The number of anilines is 1. The van der Waals surface area contributed by atoms with E-state index < -0.39 is 18.2 Å². The average molecular weight is 598 g/mol. The van der Waals surface area contributed by atoms with Crippen LogP contribution in [0.15, 0.2) is 91.0 Å². The van der Waals surface area contributed by atoms with Crippen molar-refractivity contribution in [2.75, 3.05) is 11.5 Å². The Hall–Kier alpha value is -4.91. The van der Waals surface area contributed by atoms with Crippen molar-refractivity contribution in [2.45, 2.75) is 62.6 Å². The van der Waals surface area contributed by atoms with E-state index in [1.54, 1.807) is 4.90 Å². The Kier molecular flexibility index (Phi) is 6.89. The van der Waals surface area contributed by atoms with E-state index in [0.29, 0.717) is 19.3 Å². The molecule has 2 N–H and O–H groups in total. The first kappa shape index (κ1) is 27.6. The van der Waals surface area contributed by atoms with Crippen LogP contribution in [0.2, 0.25) is 0 Å². The van der Waals surface area contributed by atoms with Gasteiger partial charge in [0.2, 0.25) is 11.8 Å². The predicted octanol–water partition coefficient (Wildman–Crippen LogP) is 5.99. The number of alkyl carbamates (subject to hydrolysis) is 1. The molecule has 2 aliphatic heterocycles. The van der Waals surface area contributed by atoms with Crippen LogP contribution in [-0.2, 0) is 33.6 Å². The van der Waals surface area contributed by atoms with E-state index >= 15 is 0 Å². The number of nitrogens with one attached hydrogen (secondary N) is 2. The van der Waals surface area contributed by atoms with E-state index in [-0.39, 0.29) is 30.4 Å². The highest BCUT2D eigenvalue weighted by Crippen LogP contribution is 2.45. The van der Waals surface area contributed by atoms with Gasteiger partial charge in [-0.05, 0) is 76.6 Å². The highest BCUT2D eigenvalue weighted by Gasteiger charge is 2.44. The molecule has 3 amide bonds. The van der Waals surface area contributed by atoms with Gasteiger partial charge in [0, 0.05) is 12.3 Å². The number of para-hydroxylation sites is 1. The van der Waals surface area contributed by atoms with Gasteiger partial charge in [-0.2, -0.15) is 0 Å². The molecule has 7 heteroatoms. The van der Waals surface area contributed by atoms with E-state index in [2.05, 4.69) is 47.0 Å². The summed E-state index contributed by atoms with van der Waals surface area (Å²) in [6.07, 6.45) is 3.76. The van der Waals surface area contributed by atoms with Gasteiger partial charge in [-0.1, -0.05) is 91.0 Å². The molecule has 2 heterocycles. The number of carbonyl (C=O) groups excluding carboxylic acids is 3. The Morgan fingerprint density at radius 3 is 2.16 bits per heavy atom. The zero-order valence-electron chi connectivity index (χ0n) is 25.0. The lowest BCUT2D eigenvalue weighted by atomic mass is 9.87. The summed E-state index contributed by atoms with van der Waals surface area (Å²) in [5.41, 5.74) is 9.84. The first-order chi connectivity index (χ1) is 22.1. The molecule has 0 saturated carbocycles. The zero-order chi connectivity index (χ0) is 30.5. The number of benzene rings is 4. The molecule has 4 aromatic carbocycles. The van der Waals surface area contributed by atoms with Crippen LogP contribution < -0.4 is 15.5 Å². The number of aryl methyl sites for hydroxylation is 2. The summed E-state index contributed by atoms with van der Waals surface area (Å²) in [5, 5.41) is 6.15. The van der Waals surface area contributed by atoms with Crippen LogP contribution in [0.3, 0.4) is 0 Å². The van der Waals surface area contributed by atoms with Gasteiger partial charge >= 0.3 is 6.09 Å². The lowest BCUT2D eigenvalue weighted by molar-refractivity contribution is -0.127. The van der Waals surface area contributed by atoms with Gasteiger partial charge in [-0.3, -0.25) is 14.5 Å². The molecule has 7 nitrogen and oxygen atoms in total. The van der Waals surface area contributed by atoms with Crippen molar-refractivity contribution < 1.29 is 19.1 Å². The van der Waals surface area contributed by atoms with Crippen LogP contribution in [0.1, 0.15) is 64.6 Å². The van der Waals surface area contributed by atoms with Crippen LogP contribution in [0.4, 0.5) is 10.5 Å². The van der Waals surface area contributed by atoms with Gasteiger partial charge in [-0.25, -0.2) is 4.79 Å². The third kappa shape index (κ3) is 4.78. The zero-order valence-corrected chi connectivity index (χ0v) is 25.0. The lowest BCUT2D eigenvalue weighted by Crippen LogP contribution is -2.55. The number of rotatable bonds is 5. The first-order valence-electron chi connectivity index (χ1n) is 16.0. The molecule has 3 atom stereocenters. The number of carbonyl (C=O) groups is 3. The molecule has 0 aromatic heterocycles. The molecule has 0 radical (unpaired) electrons. The molecule has 226 valence electrons. The Labute approximate surface area is 262 Å². The quantitative estimate of drug-likeness (QED) is 0.296. The smallest absolute Gasteiger partial charge is 0.407 e. The SMILES string of the molecule is O=C(NC1CCc2cccc3c2N(C1=O)C(C(=O)NC1CCCc2ccccc21)C3)OCC1c2ccccc2-c2ccccc21. The fourth-order valence-corrected chi connectivity index (χ4v) is 7.93. The van der Waals surface area contributed by atoms with Gasteiger partial charge in [0.05, 0.1) is 11.7 Å². The lowest BCUT2D eigenvalue weighted by Gasteiger charge is -2.31. The van der Waals surface area contributed by atoms with Crippen molar-refractivity contribution in [1.82, 2.24) is 10.6 Å². The highest BCUT2D eigenvalue weighted by atomic mass is 16.5. The summed E-state index contributed by atoms with van der Waals surface area (Å²) in [6, 6.07) is 29.1. The molecule has 45 heavy (non-hydrogen) atoms. The molecular formula is C38H35N3O4. The van der Waals surface area contributed by atoms with Crippen molar-refractivity contribution in [3.63, 3.8) is 0 Å². The Morgan fingerprint density at radius 1 is 0.711 bits per heavy atom. The van der Waals surface area contributed by atoms with E-state index in [0.717, 1.165) is 63.9 Å². The molecule has 4 aliphatic rings. The van der Waals surface area contributed by atoms with Gasteiger partial charge < -0.3 is 15.4 Å². The van der Waals surface area contributed by atoms with Gasteiger partial charge in [0.1, 0.15) is 18.7 Å². The molecule has 4 aromatic rings. The maximum absolute atomic E-state index is 14.2. The minimum Gasteiger partial charge on any atom is -0.449 e. The topological polar surface area (TPSA) is 87.7 Å². The second kappa shape index (κ2) is 11.2. The van der Waals surface area contributed by atoms with Crippen LogP contribution >= 0.6 is 0 Å². The van der Waals surface area contributed by atoms with Crippen LogP contribution in [0.25, 0.3) is 11.1 Å². The number of fused-ring (bicyclic) bond motifs is 4. The predicted molar refractivity (Wildman–Crippen MR) is 172 cm³/mol. The Balaban J connectivity index is 0.995. The van der Waals surface area contributed by atoms with E-state index in [1.807, 2.05) is 54.6 Å². The molecule has 2 aliphatic carbocycles. The standard InChI is InChI=1S/C38H35N3O4/c42-36(39-32-18-8-10-23-9-1-2-13-26(23)32)34-21-25-12-7-11-24-19-20-33(37(43)41(34)35(24)25)40-38(44)45-22-31-29-16-5-3-14-27(29)28-15-4-6-17-30(28)31/h1-7,9,11-17,31-34H,8,10,18-22H2,(H,39,42)(H,40,44). The van der Waals surface area contributed by atoms with Crippen molar-refractivity contribution >= 4 is 23.6 Å². The summed E-state index contributed by atoms with van der Waals surface area (Å²) >= 11 is 0. The Bertz CT molecular complexity index is 1790. The van der Waals surface area contributed by atoms with Gasteiger partial charge in [0.25, 0.3) is 0 Å². The third-order valence-electron chi connectivity index (χ3n) is 10.0. The van der Waals surface area contributed by atoms with Crippen molar-refractivity contribution in [3.05, 3.63) is 124 Å². The summed E-state index contributed by atoms with van der Waals surface area (Å²) in [6.45, 7) is 0.169. The number of hydrogen-bond acceptors (Lipinski definition) is 4. The molecule has 0 fully saturated rings. The van der Waals surface area contributed by atoms with Crippen molar-refractivity contribution in [3.8, 4) is 11.1 Å². The van der Waals surface area contributed by atoms with Crippen molar-refractivity contribution in [2.24, 2.45) is 0 Å². The second-order valence-corrected chi connectivity index (χ2v) is 12.6. The monoisotopic (exact) mass is 597 g/mol. The third-order valence-corrected chi connectivity index (χ3v) is 10.0. The summed E-state index contributed by atoms with van der Waals surface area (Å²) in [5.74, 6) is -0.498. The number of hydrogen-bond donors (Lipinski definition) is 2. The summed E-state index contributed by atoms with van der Waals surface area (Å²) < 4.78 is 5.80. The number of ether oxygens (including phenoxy) is 1. The van der Waals surface area contributed by atoms with Crippen LogP contribution in [0.5, 0.6) is 0 Å². The molecular weight excluding hydrogens is 562 g/mol. The first-order valence-corrected chi connectivity index (χ1v) is 16.0. The second-order valence-electron chi connectivity index (χ2n) is 12.6. The summed E-state index contributed by atoms with van der Waals surface area (Å²) in [7, 11) is 0. The van der Waals surface area contributed by atoms with Crippen LogP contribution in [-0.4, -0.2) is 36.6 Å². The largest absolute Gasteiger partial charge is 0.449 e. The summed E-state index contributed by atoms with van der Waals surface area (Å²) in [4.78, 5) is 43.0. The number of nitrogens with zero attached hydrogens (tertiary/aromatic N) is 1. The van der Waals surface area contributed by atoms with E-state index in [9.17, 15) is 14.4 Å². The van der Waals surface area contributed by atoms with Gasteiger partial charge in [0.15, 0.2) is 0 Å². The average Bonchev–Trinajstić information content (AvgIpc) is 3.58. The fourth-order valence-electron chi connectivity index (χ4n) is 7.93. The fraction of sp³-hybridized carbons (Fsp3) is 0.289. The van der Waals surface area contributed by atoms with E-state index in [1.165, 1.54) is 5.56 Å². The molecule has 0 spiro atoms. The molecule has 8 rings (SSSR count). The molecule has 0 bridgehead atoms. The highest BCUT2D eigenvalue weighted by molar-refractivity contribution is 6.07. The van der Waals surface area contributed by atoms with Gasteiger partial charge in [-0.15, -0.1) is 0 Å². The maximum atomic E-state index is 14.2. The van der Waals surface area contributed by atoms with Crippen LogP contribution in [0, 0.1) is 0 Å². The molecule has 0 saturated heterocycles. The maximum Gasteiger partial charge on any atom is 0.407 e. The normalized spacial score (nSPS) is 21.2. The van der Waals surface area contributed by atoms with E-state index in [4.69, 9.17) is 4.74 Å². The Morgan fingerprint density at radius 2 is 1.38 bits per heavy atom. The molecule has 3 unspecified atom stereocenters. The minimum absolute atomic E-state index is 0.0728. The number of amides is 3.